The summed E-state index contributed by atoms with van der Waals surface area (Å²) in [6.45, 7) is 0.841. The van der Waals surface area contributed by atoms with E-state index in [4.69, 9.17) is 10.5 Å². The van der Waals surface area contributed by atoms with Crippen molar-refractivity contribution < 1.29 is 4.74 Å². The molecule has 0 amide bonds. The lowest BCUT2D eigenvalue weighted by Crippen LogP contribution is -2.42. The number of rotatable bonds is 3. The van der Waals surface area contributed by atoms with Gasteiger partial charge in [0.15, 0.2) is 0 Å². The number of thiophene rings is 1. The van der Waals surface area contributed by atoms with Gasteiger partial charge in [-0.25, -0.2) is 0 Å². The average molecular weight is 279 g/mol. The van der Waals surface area contributed by atoms with Gasteiger partial charge < -0.3 is 10.5 Å². The van der Waals surface area contributed by atoms with Crippen LogP contribution in [-0.2, 0) is 11.2 Å². The van der Waals surface area contributed by atoms with Crippen LogP contribution in [0.5, 0.6) is 0 Å². The molecule has 2 atom stereocenters. The smallest absolute Gasteiger partial charge is 0.0819 e. The van der Waals surface area contributed by atoms with Crippen LogP contribution in [0.25, 0.3) is 10.1 Å². The first-order chi connectivity index (χ1) is 8.84. The van der Waals surface area contributed by atoms with Gasteiger partial charge in [-0.2, -0.15) is 11.8 Å². The Morgan fingerprint density at radius 2 is 2.28 bits per heavy atom. The molecule has 1 aliphatic rings. The molecule has 2 aromatic rings. The van der Waals surface area contributed by atoms with Gasteiger partial charge in [-0.3, -0.25) is 0 Å². The third-order valence-electron chi connectivity index (χ3n) is 3.34. The molecule has 2 unspecified atom stereocenters. The predicted molar refractivity (Wildman–Crippen MR) is 80.6 cm³/mol. The van der Waals surface area contributed by atoms with E-state index in [1.807, 2.05) is 11.8 Å². The number of benzene rings is 1. The highest BCUT2D eigenvalue weighted by molar-refractivity contribution is 7.99. The second-order valence-corrected chi connectivity index (χ2v) is 6.67. The minimum absolute atomic E-state index is 0.107. The summed E-state index contributed by atoms with van der Waals surface area (Å²) >= 11 is 3.75. The van der Waals surface area contributed by atoms with Crippen LogP contribution in [0.1, 0.15) is 5.56 Å². The molecule has 1 aromatic carbocycles. The van der Waals surface area contributed by atoms with Crippen molar-refractivity contribution in [2.45, 2.75) is 18.6 Å². The lowest BCUT2D eigenvalue weighted by Gasteiger charge is -2.27. The van der Waals surface area contributed by atoms with E-state index in [-0.39, 0.29) is 12.1 Å². The SMILES string of the molecule is NC(Cc1csc2ccccc12)C1CSCCO1. The zero-order chi connectivity index (χ0) is 12.4. The van der Waals surface area contributed by atoms with Gasteiger partial charge in [0.2, 0.25) is 0 Å². The molecule has 1 aliphatic heterocycles. The van der Waals surface area contributed by atoms with Crippen molar-refractivity contribution >= 4 is 33.2 Å². The third kappa shape index (κ3) is 2.57. The molecular formula is C14H17NOS2. The third-order valence-corrected chi connectivity index (χ3v) is 5.37. The molecule has 0 aliphatic carbocycles. The summed E-state index contributed by atoms with van der Waals surface area (Å²) in [5, 5.41) is 3.59. The van der Waals surface area contributed by atoms with Crippen LogP contribution in [0.15, 0.2) is 29.6 Å². The van der Waals surface area contributed by atoms with E-state index in [0.717, 1.165) is 24.5 Å². The monoisotopic (exact) mass is 279 g/mol. The minimum Gasteiger partial charge on any atom is -0.375 e. The maximum Gasteiger partial charge on any atom is 0.0819 e. The number of nitrogens with two attached hydrogens (primary N) is 1. The highest BCUT2D eigenvalue weighted by Crippen LogP contribution is 2.27. The minimum atomic E-state index is 0.107. The molecule has 2 heterocycles. The quantitative estimate of drug-likeness (QED) is 0.938. The molecular weight excluding hydrogens is 262 g/mol. The van der Waals surface area contributed by atoms with Crippen LogP contribution < -0.4 is 5.73 Å². The van der Waals surface area contributed by atoms with E-state index < -0.39 is 0 Å². The second-order valence-electron chi connectivity index (χ2n) is 4.61. The van der Waals surface area contributed by atoms with Crippen LogP contribution >= 0.6 is 23.1 Å². The molecule has 3 rings (SSSR count). The van der Waals surface area contributed by atoms with Crippen molar-refractivity contribution in [2.24, 2.45) is 5.73 Å². The first-order valence-corrected chi connectivity index (χ1v) is 8.28. The summed E-state index contributed by atoms with van der Waals surface area (Å²) < 4.78 is 7.10. The highest BCUT2D eigenvalue weighted by atomic mass is 32.2. The van der Waals surface area contributed by atoms with E-state index in [0.29, 0.717) is 0 Å². The zero-order valence-corrected chi connectivity index (χ0v) is 11.8. The van der Waals surface area contributed by atoms with Crippen LogP contribution in [-0.4, -0.2) is 30.3 Å². The summed E-state index contributed by atoms with van der Waals surface area (Å²) in [4.78, 5) is 0. The first kappa shape index (κ1) is 12.5. The standard InChI is InChI=1S/C14H17NOS2/c15-12(13-9-17-6-5-16-13)7-10-8-18-14-4-2-1-3-11(10)14/h1-4,8,12-13H,5-7,9,15H2. The van der Waals surface area contributed by atoms with Crippen molar-refractivity contribution in [2.75, 3.05) is 18.1 Å². The van der Waals surface area contributed by atoms with E-state index in [1.165, 1.54) is 15.6 Å². The highest BCUT2D eigenvalue weighted by Gasteiger charge is 2.22. The lowest BCUT2D eigenvalue weighted by atomic mass is 10.0. The molecule has 4 heteroatoms. The van der Waals surface area contributed by atoms with E-state index >= 15 is 0 Å². The Morgan fingerprint density at radius 3 is 3.11 bits per heavy atom. The van der Waals surface area contributed by atoms with Gasteiger partial charge in [0.25, 0.3) is 0 Å². The summed E-state index contributed by atoms with van der Waals surface area (Å²) in [6, 6.07) is 8.64. The fraction of sp³-hybridized carbons (Fsp3) is 0.429. The van der Waals surface area contributed by atoms with Crippen LogP contribution in [0.2, 0.25) is 0 Å². The molecule has 0 radical (unpaired) electrons. The Labute approximate surface area is 116 Å². The predicted octanol–water partition coefficient (Wildman–Crippen LogP) is 2.90. The molecule has 2 nitrogen and oxygen atoms in total. The maximum atomic E-state index is 6.30. The Morgan fingerprint density at radius 1 is 1.39 bits per heavy atom. The topological polar surface area (TPSA) is 35.2 Å². The van der Waals surface area contributed by atoms with Crippen molar-refractivity contribution in [3.63, 3.8) is 0 Å². The van der Waals surface area contributed by atoms with Crippen molar-refractivity contribution in [3.05, 3.63) is 35.2 Å². The molecule has 2 N–H and O–H groups in total. The average Bonchev–Trinajstić information content (AvgIpc) is 2.83. The zero-order valence-electron chi connectivity index (χ0n) is 10.2. The van der Waals surface area contributed by atoms with Crippen LogP contribution in [0.3, 0.4) is 0 Å². The van der Waals surface area contributed by atoms with Crippen molar-refractivity contribution in [1.82, 2.24) is 0 Å². The van der Waals surface area contributed by atoms with Gasteiger partial charge in [-0.1, -0.05) is 18.2 Å². The molecule has 0 bridgehead atoms. The second kappa shape index (κ2) is 5.61. The van der Waals surface area contributed by atoms with Gasteiger partial charge in [0.1, 0.15) is 0 Å². The Hall–Kier alpha value is -0.550. The molecule has 1 fully saturated rings. The number of thioether (sulfide) groups is 1. The Bertz CT molecular complexity index is 519. The fourth-order valence-electron chi connectivity index (χ4n) is 2.33. The molecule has 0 spiro atoms. The molecule has 96 valence electrons. The summed E-state index contributed by atoms with van der Waals surface area (Å²) in [5.74, 6) is 2.13. The first-order valence-electron chi connectivity index (χ1n) is 6.24. The number of fused-ring (bicyclic) bond motifs is 1. The van der Waals surface area contributed by atoms with Gasteiger partial charge in [0.05, 0.1) is 12.7 Å². The van der Waals surface area contributed by atoms with Crippen LogP contribution in [0, 0.1) is 0 Å². The Balaban J connectivity index is 1.75. The maximum absolute atomic E-state index is 6.30. The Kier molecular flexibility index (Phi) is 3.89. The van der Waals surface area contributed by atoms with Gasteiger partial charge in [-0.15, -0.1) is 11.3 Å². The van der Waals surface area contributed by atoms with E-state index in [1.54, 1.807) is 11.3 Å². The summed E-state index contributed by atoms with van der Waals surface area (Å²) in [7, 11) is 0. The molecule has 1 saturated heterocycles. The fourth-order valence-corrected chi connectivity index (χ4v) is 4.26. The number of hydrogen-bond acceptors (Lipinski definition) is 4. The van der Waals surface area contributed by atoms with Crippen molar-refractivity contribution in [3.8, 4) is 0 Å². The normalized spacial score (nSPS) is 22.2. The van der Waals surface area contributed by atoms with E-state index in [2.05, 4.69) is 29.6 Å². The van der Waals surface area contributed by atoms with Crippen molar-refractivity contribution in [1.29, 1.82) is 0 Å². The molecule has 18 heavy (non-hydrogen) atoms. The largest absolute Gasteiger partial charge is 0.375 e. The van der Waals surface area contributed by atoms with Gasteiger partial charge >= 0.3 is 0 Å². The lowest BCUT2D eigenvalue weighted by molar-refractivity contribution is 0.0573. The summed E-state index contributed by atoms with van der Waals surface area (Å²) in [5.41, 5.74) is 7.66. The van der Waals surface area contributed by atoms with Crippen LogP contribution in [0.4, 0.5) is 0 Å². The van der Waals surface area contributed by atoms with E-state index in [9.17, 15) is 0 Å². The van der Waals surface area contributed by atoms with Gasteiger partial charge in [0, 0.05) is 22.2 Å². The number of hydrogen-bond donors (Lipinski definition) is 1. The van der Waals surface area contributed by atoms with Gasteiger partial charge in [-0.05, 0) is 28.8 Å². The molecule has 1 aromatic heterocycles. The number of ether oxygens (including phenoxy) is 1. The molecule has 0 saturated carbocycles. The summed E-state index contributed by atoms with van der Waals surface area (Å²) in [6.07, 6.45) is 1.12.